The van der Waals surface area contributed by atoms with Gasteiger partial charge in [-0.2, -0.15) is 4.72 Å². The van der Waals surface area contributed by atoms with Crippen molar-refractivity contribution < 1.29 is 13.2 Å². The average Bonchev–Trinajstić information content (AvgIpc) is 3.40. The quantitative estimate of drug-likeness (QED) is 0.508. The number of hydrogen-bond donors (Lipinski definition) is 2. The molecule has 4 aromatic heterocycles. The lowest BCUT2D eigenvalue weighted by molar-refractivity contribution is -0.129. The van der Waals surface area contributed by atoms with Gasteiger partial charge in [-0.15, -0.1) is 11.3 Å². The molecule has 4 aromatic rings. The summed E-state index contributed by atoms with van der Waals surface area (Å²) in [4.78, 5) is 25.9. The van der Waals surface area contributed by atoms with Crippen LogP contribution in [-0.2, 0) is 21.4 Å². The molecule has 0 radical (unpaired) electrons. The molecule has 0 spiro atoms. The highest BCUT2D eigenvalue weighted by molar-refractivity contribution is 7.91. The summed E-state index contributed by atoms with van der Waals surface area (Å²) in [5.41, 5.74) is 2.43. The number of likely N-dealkylation sites (tertiary alicyclic amines) is 1. The number of amides is 1. The van der Waals surface area contributed by atoms with E-state index in [4.69, 9.17) is 0 Å². The number of aromatic amines is 1. The van der Waals surface area contributed by atoms with E-state index in [2.05, 4.69) is 19.7 Å². The molecule has 0 bridgehead atoms. The first-order chi connectivity index (χ1) is 14.0. The molecule has 1 aliphatic heterocycles. The molecule has 1 aliphatic rings. The highest BCUT2D eigenvalue weighted by Crippen LogP contribution is 2.28. The molecule has 5 rings (SSSR count). The Kier molecular flexibility index (Phi) is 4.34. The molecule has 1 saturated heterocycles. The summed E-state index contributed by atoms with van der Waals surface area (Å²) in [7, 11) is -3.79. The van der Waals surface area contributed by atoms with Gasteiger partial charge < -0.3 is 9.88 Å². The summed E-state index contributed by atoms with van der Waals surface area (Å²) in [6.45, 7) is 0.895. The summed E-state index contributed by atoms with van der Waals surface area (Å²) in [6, 6.07) is 8.25. The fourth-order valence-electron chi connectivity index (χ4n) is 3.55. The van der Waals surface area contributed by atoms with Crippen LogP contribution in [0, 0.1) is 0 Å². The zero-order valence-electron chi connectivity index (χ0n) is 15.2. The molecule has 29 heavy (non-hydrogen) atoms. The second kappa shape index (κ2) is 6.90. The predicted molar refractivity (Wildman–Crippen MR) is 110 cm³/mol. The van der Waals surface area contributed by atoms with Crippen LogP contribution in [0.1, 0.15) is 12.1 Å². The van der Waals surface area contributed by atoms with Gasteiger partial charge in [0.25, 0.3) is 10.0 Å². The third-order valence-electron chi connectivity index (χ3n) is 4.97. The lowest BCUT2D eigenvalue weighted by Gasteiger charge is -2.16. The Morgan fingerprint density at radius 1 is 1.28 bits per heavy atom. The molecular weight excluding hydrogens is 410 g/mol. The number of sulfonamides is 1. The van der Waals surface area contributed by atoms with E-state index in [1.165, 1.54) is 6.07 Å². The predicted octanol–water partition coefficient (Wildman–Crippen LogP) is 2.25. The molecule has 1 fully saturated rings. The van der Waals surface area contributed by atoms with Crippen LogP contribution in [0.3, 0.4) is 0 Å². The van der Waals surface area contributed by atoms with E-state index in [-0.39, 0.29) is 10.1 Å². The van der Waals surface area contributed by atoms with Crippen LogP contribution in [0.5, 0.6) is 0 Å². The third kappa shape index (κ3) is 3.39. The van der Waals surface area contributed by atoms with E-state index in [0.717, 1.165) is 32.6 Å². The van der Waals surface area contributed by atoms with Gasteiger partial charge in [-0.05, 0) is 36.8 Å². The first kappa shape index (κ1) is 18.2. The van der Waals surface area contributed by atoms with Crippen LogP contribution >= 0.6 is 11.3 Å². The molecule has 1 atom stereocenters. The van der Waals surface area contributed by atoms with E-state index >= 15 is 0 Å². The maximum Gasteiger partial charge on any atom is 0.250 e. The average molecular weight is 428 g/mol. The Labute approximate surface area is 170 Å². The first-order valence-corrected chi connectivity index (χ1v) is 11.4. The Morgan fingerprint density at radius 2 is 2.17 bits per heavy atom. The SMILES string of the molecule is O=C1C(NS(=O)(=O)c2cc3ncccc3s2)CCN1Cc1cc2ccncc2[nH]1. The summed E-state index contributed by atoms with van der Waals surface area (Å²) in [6.07, 6.45) is 5.51. The maximum atomic E-state index is 12.8. The Balaban J connectivity index is 1.31. The van der Waals surface area contributed by atoms with Crippen LogP contribution < -0.4 is 4.72 Å². The topological polar surface area (TPSA) is 108 Å². The summed E-state index contributed by atoms with van der Waals surface area (Å²) in [5, 5.41) is 1.03. The van der Waals surface area contributed by atoms with E-state index < -0.39 is 16.1 Å². The molecule has 1 amide bonds. The molecule has 5 heterocycles. The second-order valence-electron chi connectivity index (χ2n) is 6.93. The molecule has 0 aromatic carbocycles. The zero-order chi connectivity index (χ0) is 20.0. The highest BCUT2D eigenvalue weighted by Gasteiger charge is 2.35. The van der Waals surface area contributed by atoms with Crippen molar-refractivity contribution in [3.8, 4) is 0 Å². The van der Waals surface area contributed by atoms with Gasteiger partial charge in [0.05, 0.1) is 28.5 Å². The Morgan fingerprint density at radius 3 is 3.00 bits per heavy atom. The van der Waals surface area contributed by atoms with Gasteiger partial charge in [0.1, 0.15) is 10.3 Å². The lowest BCUT2D eigenvalue weighted by Crippen LogP contribution is -2.41. The number of pyridine rings is 2. The van der Waals surface area contributed by atoms with Crippen LogP contribution in [0.4, 0.5) is 0 Å². The van der Waals surface area contributed by atoms with Gasteiger partial charge in [-0.25, -0.2) is 8.42 Å². The second-order valence-corrected chi connectivity index (χ2v) is 9.96. The summed E-state index contributed by atoms with van der Waals surface area (Å²) in [5.74, 6) is -0.218. The molecule has 0 saturated carbocycles. The van der Waals surface area contributed by atoms with Gasteiger partial charge in [0.15, 0.2) is 0 Å². The summed E-state index contributed by atoms with van der Waals surface area (Å²) < 4.78 is 29.1. The van der Waals surface area contributed by atoms with Crippen molar-refractivity contribution in [1.82, 2.24) is 24.6 Å². The molecule has 148 valence electrons. The number of hydrogen-bond acceptors (Lipinski definition) is 6. The number of carbonyl (C=O) groups is 1. The number of carbonyl (C=O) groups excluding carboxylic acids is 1. The number of thiophene rings is 1. The number of nitrogens with zero attached hydrogens (tertiary/aromatic N) is 3. The number of nitrogens with one attached hydrogen (secondary N) is 2. The zero-order valence-corrected chi connectivity index (χ0v) is 16.8. The van der Waals surface area contributed by atoms with Crippen molar-refractivity contribution in [3.05, 3.63) is 54.6 Å². The molecule has 10 heteroatoms. The number of H-pyrrole nitrogens is 1. The molecule has 0 aliphatic carbocycles. The van der Waals surface area contributed by atoms with Crippen LogP contribution in [0.15, 0.2) is 53.1 Å². The summed E-state index contributed by atoms with van der Waals surface area (Å²) >= 11 is 1.15. The maximum absolute atomic E-state index is 12.8. The minimum atomic E-state index is -3.79. The van der Waals surface area contributed by atoms with Crippen LogP contribution in [-0.4, -0.2) is 46.8 Å². The fourth-order valence-corrected chi connectivity index (χ4v) is 6.13. The van der Waals surface area contributed by atoms with Crippen molar-refractivity contribution in [2.45, 2.75) is 23.2 Å². The van der Waals surface area contributed by atoms with E-state index in [9.17, 15) is 13.2 Å². The molecule has 2 N–H and O–H groups in total. The Hall–Kier alpha value is -2.82. The fraction of sp³-hybridized carbons (Fsp3) is 0.211. The number of aromatic nitrogens is 3. The normalized spacial score (nSPS) is 17.6. The van der Waals surface area contributed by atoms with Crippen LogP contribution in [0.2, 0.25) is 0 Å². The lowest BCUT2D eigenvalue weighted by atomic mass is 10.3. The molecule has 1 unspecified atom stereocenters. The monoisotopic (exact) mass is 427 g/mol. The van der Waals surface area contributed by atoms with Crippen molar-refractivity contribution >= 4 is 48.4 Å². The van der Waals surface area contributed by atoms with Crippen LogP contribution in [0.25, 0.3) is 21.1 Å². The largest absolute Gasteiger partial charge is 0.356 e. The molecular formula is C19H17N5O3S2. The van der Waals surface area contributed by atoms with E-state index in [1.54, 1.807) is 29.6 Å². The number of fused-ring (bicyclic) bond motifs is 2. The van der Waals surface area contributed by atoms with Crippen molar-refractivity contribution in [2.75, 3.05) is 6.54 Å². The van der Waals surface area contributed by atoms with Gasteiger partial charge in [-0.3, -0.25) is 14.8 Å². The van der Waals surface area contributed by atoms with Crippen molar-refractivity contribution in [3.63, 3.8) is 0 Å². The van der Waals surface area contributed by atoms with Gasteiger partial charge in [0.2, 0.25) is 5.91 Å². The first-order valence-electron chi connectivity index (χ1n) is 9.07. The Bertz CT molecular complexity index is 1260. The number of rotatable bonds is 5. The van der Waals surface area contributed by atoms with Crippen molar-refractivity contribution in [1.29, 1.82) is 0 Å². The smallest absolute Gasteiger partial charge is 0.250 e. The van der Waals surface area contributed by atoms with Gasteiger partial charge in [0, 0.05) is 30.0 Å². The minimum Gasteiger partial charge on any atom is -0.356 e. The third-order valence-corrected chi connectivity index (χ3v) is 8.00. The van der Waals surface area contributed by atoms with Crippen molar-refractivity contribution in [2.24, 2.45) is 0 Å². The minimum absolute atomic E-state index is 0.167. The van der Waals surface area contributed by atoms with Gasteiger partial charge >= 0.3 is 0 Å². The standard InChI is InChI=1S/C19H17N5O3S2/c25-19-14(23-29(26,27)18-9-15-17(28-18)2-1-5-21-15)4-7-24(19)11-13-8-12-3-6-20-10-16(12)22-13/h1-3,5-6,8-10,14,22-23H,4,7,11H2. The van der Waals surface area contributed by atoms with Gasteiger partial charge in [-0.1, -0.05) is 0 Å². The molecule has 8 nitrogen and oxygen atoms in total. The van der Waals surface area contributed by atoms with E-state index in [0.29, 0.717) is 25.0 Å². The highest BCUT2D eigenvalue weighted by atomic mass is 32.2. The van der Waals surface area contributed by atoms with E-state index in [1.807, 2.05) is 18.2 Å².